The molecule has 2 atom stereocenters. The van der Waals surface area contributed by atoms with E-state index in [-0.39, 0.29) is 12.0 Å². The second-order valence-electron chi connectivity index (χ2n) is 10.4. The molecule has 0 N–H and O–H groups in total. The minimum atomic E-state index is -0.399. The Morgan fingerprint density at radius 3 is 2.75 bits per heavy atom. The number of nitrogens with zero attached hydrogens (tertiary/aromatic N) is 5. The molecule has 0 spiro atoms. The number of aryl methyl sites for hydroxylation is 1. The lowest BCUT2D eigenvalue weighted by molar-refractivity contribution is 0.0471. The van der Waals surface area contributed by atoms with Gasteiger partial charge >= 0.3 is 0 Å². The first-order valence-corrected chi connectivity index (χ1v) is 13.3. The molecule has 1 amide bonds. The maximum absolute atomic E-state index is 14.3. The average molecular weight is 512 g/mol. The number of piperidine rings is 1. The molecule has 0 radical (unpaired) electrons. The summed E-state index contributed by atoms with van der Waals surface area (Å²) in [6.45, 7) is 5.97. The van der Waals surface area contributed by atoms with E-state index in [0.717, 1.165) is 36.3 Å². The van der Waals surface area contributed by atoms with E-state index in [1.165, 1.54) is 37.8 Å². The second kappa shape index (κ2) is 9.30. The number of amides is 1. The number of rotatable bonds is 6. The topological polar surface area (TPSA) is 63.0 Å². The highest BCUT2D eigenvalue weighted by molar-refractivity contribution is 6.31. The predicted octanol–water partition coefficient (Wildman–Crippen LogP) is 5.16. The maximum atomic E-state index is 14.3. The van der Waals surface area contributed by atoms with E-state index in [1.54, 1.807) is 21.7 Å². The summed E-state index contributed by atoms with van der Waals surface area (Å²) in [7, 11) is 0. The van der Waals surface area contributed by atoms with Crippen LogP contribution in [-0.4, -0.2) is 55.0 Å². The van der Waals surface area contributed by atoms with Crippen LogP contribution in [0.3, 0.4) is 0 Å². The third-order valence-corrected chi connectivity index (χ3v) is 8.35. The van der Waals surface area contributed by atoms with Crippen LogP contribution in [0.5, 0.6) is 5.75 Å². The standard InChI is InChI=1S/C27H31ClFN5O2/c1-3-4-9-33-18-6-7-19(33)12-20(11-18)36-25-10-17(29)5-8-21(25)27(35)32-13-22-24(15-32)31-34-14-23(28)16(2)30-26(22)34/h5,8,10,14,18-20H,3-4,6-7,9,11-13,15H2,1-2H3/t18-,19-/m0/s1. The number of unbranched alkanes of at least 4 members (excludes halogenated alkanes) is 1. The predicted molar refractivity (Wildman–Crippen MR) is 135 cm³/mol. The summed E-state index contributed by atoms with van der Waals surface area (Å²) in [4.78, 5) is 22.5. The molecular weight excluding hydrogens is 481 g/mol. The summed E-state index contributed by atoms with van der Waals surface area (Å²) in [5.74, 6) is -0.245. The lowest BCUT2D eigenvalue weighted by Gasteiger charge is -2.39. The van der Waals surface area contributed by atoms with Crippen molar-refractivity contribution in [3.05, 3.63) is 57.8 Å². The molecule has 1 aromatic carbocycles. The number of halogens is 2. The first kappa shape index (κ1) is 23.7. The number of carbonyl (C=O) groups excluding carboxylic acids is 1. The van der Waals surface area contributed by atoms with Crippen molar-refractivity contribution in [2.75, 3.05) is 6.54 Å². The van der Waals surface area contributed by atoms with Gasteiger partial charge in [-0.15, -0.1) is 0 Å². The highest BCUT2D eigenvalue weighted by Gasteiger charge is 2.41. The molecule has 190 valence electrons. The number of hydrogen-bond acceptors (Lipinski definition) is 5. The van der Waals surface area contributed by atoms with Gasteiger partial charge in [-0.25, -0.2) is 13.9 Å². The highest BCUT2D eigenvalue weighted by atomic mass is 35.5. The molecule has 7 nitrogen and oxygen atoms in total. The molecule has 6 rings (SSSR count). The van der Waals surface area contributed by atoms with Gasteiger partial charge in [0.25, 0.3) is 5.91 Å². The van der Waals surface area contributed by atoms with Crippen LogP contribution in [0.2, 0.25) is 5.02 Å². The van der Waals surface area contributed by atoms with Gasteiger partial charge in [-0.1, -0.05) is 24.9 Å². The fraction of sp³-hybridized carbons (Fsp3) is 0.519. The zero-order valence-electron chi connectivity index (χ0n) is 20.7. The van der Waals surface area contributed by atoms with Crippen LogP contribution in [0.1, 0.15) is 72.8 Å². The Labute approximate surface area is 215 Å². The minimum absolute atomic E-state index is 0.00867. The third kappa shape index (κ3) is 4.14. The van der Waals surface area contributed by atoms with Crippen molar-refractivity contribution in [1.29, 1.82) is 0 Å². The van der Waals surface area contributed by atoms with Crippen LogP contribution in [-0.2, 0) is 13.1 Å². The highest BCUT2D eigenvalue weighted by Crippen LogP contribution is 2.38. The van der Waals surface area contributed by atoms with Gasteiger partial charge in [-0.3, -0.25) is 9.69 Å². The Balaban J connectivity index is 1.20. The maximum Gasteiger partial charge on any atom is 0.258 e. The van der Waals surface area contributed by atoms with Crippen molar-refractivity contribution in [3.8, 4) is 5.75 Å². The summed E-state index contributed by atoms with van der Waals surface area (Å²) in [5, 5.41) is 5.13. The molecule has 36 heavy (non-hydrogen) atoms. The number of fused-ring (bicyclic) bond motifs is 5. The van der Waals surface area contributed by atoms with E-state index in [2.05, 4.69) is 21.9 Å². The molecule has 2 fully saturated rings. The lowest BCUT2D eigenvalue weighted by atomic mass is 9.99. The third-order valence-electron chi connectivity index (χ3n) is 7.97. The monoisotopic (exact) mass is 511 g/mol. The summed E-state index contributed by atoms with van der Waals surface area (Å²) >= 11 is 6.20. The Morgan fingerprint density at radius 2 is 2.00 bits per heavy atom. The Hall–Kier alpha value is -2.71. The van der Waals surface area contributed by atoms with Gasteiger partial charge in [-0.2, -0.15) is 5.10 Å². The molecule has 5 heterocycles. The van der Waals surface area contributed by atoms with Gasteiger partial charge in [0.05, 0.1) is 41.3 Å². The molecule has 3 aliphatic rings. The first-order valence-electron chi connectivity index (χ1n) is 13.0. The molecule has 2 saturated heterocycles. The van der Waals surface area contributed by atoms with E-state index in [4.69, 9.17) is 16.3 Å². The van der Waals surface area contributed by atoms with Gasteiger partial charge in [0.1, 0.15) is 17.7 Å². The van der Waals surface area contributed by atoms with E-state index < -0.39 is 5.82 Å². The van der Waals surface area contributed by atoms with Gasteiger partial charge in [-0.05, 0) is 57.7 Å². The molecule has 0 aliphatic carbocycles. The number of carbonyl (C=O) groups is 1. The smallest absolute Gasteiger partial charge is 0.258 e. The average Bonchev–Trinajstić information content (AvgIpc) is 3.47. The van der Waals surface area contributed by atoms with Gasteiger partial charge in [0, 0.05) is 23.7 Å². The second-order valence-corrected chi connectivity index (χ2v) is 10.8. The van der Waals surface area contributed by atoms with Crippen LogP contribution in [0.25, 0.3) is 5.65 Å². The molecule has 9 heteroatoms. The number of aromatic nitrogens is 3. The normalized spacial score (nSPS) is 23.4. The van der Waals surface area contributed by atoms with Crippen molar-refractivity contribution >= 4 is 23.2 Å². The molecule has 0 unspecified atom stereocenters. The van der Waals surface area contributed by atoms with Crippen LogP contribution in [0.4, 0.5) is 4.39 Å². The SMILES string of the molecule is CCCCN1[C@H]2CC[C@H]1CC(Oc1cc(F)ccc1C(=O)N1Cc3nn4cc(Cl)c(C)nc4c3C1)C2. The molecule has 3 aliphatic heterocycles. The Morgan fingerprint density at radius 1 is 1.22 bits per heavy atom. The van der Waals surface area contributed by atoms with E-state index in [1.807, 2.05) is 6.92 Å². The van der Waals surface area contributed by atoms with Crippen LogP contribution < -0.4 is 4.74 Å². The fourth-order valence-electron chi connectivity index (χ4n) is 6.13. The van der Waals surface area contributed by atoms with Gasteiger partial charge < -0.3 is 9.64 Å². The van der Waals surface area contributed by atoms with E-state index in [9.17, 15) is 9.18 Å². The number of ether oxygens (including phenoxy) is 1. The molecular formula is C27H31ClFN5O2. The van der Waals surface area contributed by atoms with Crippen molar-refractivity contribution in [3.63, 3.8) is 0 Å². The molecule has 2 bridgehead atoms. The largest absolute Gasteiger partial charge is 0.489 e. The zero-order chi connectivity index (χ0) is 25.0. The van der Waals surface area contributed by atoms with Crippen LogP contribution in [0.15, 0.2) is 24.4 Å². The molecule has 3 aromatic rings. The summed E-state index contributed by atoms with van der Waals surface area (Å²) in [6, 6.07) is 5.27. The van der Waals surface area contributed by atoms with Crippen molar-refractivity contribution in [1.82, 2.24) is 24.4 Å². The van der Waals surface area contributed by atoms with Crippen LogP contribution in [0, 0.1) is 12.7 Å². The molecule has 0 saturated carbocycles. The van der Waals surface area contributed by atoms with Crippen molar-refractivity contribution in [2.24, 2.45) is 0 Å². The number of hydrogen-bond donors (Lipinski definition) is 0. The minimum Gasteiger partial charge on any atom is -0.489 e. The molecule has 2 aromatic heterocycles. The van der Waals surface area contributed by atoms with Crippen molar-refractivity contribution in [2.45, 2.75) is 83.6 Å². The Kier molecular flexibility index (Phi) is 6.12. The fourth-order valence-corrected chi connectivity index (χ4v) is 6.27. The van der Waals surface area contributed by atoms with Crippen molar-refractivity contribution < 1.29 is 13.9 Å². The quantitative estimate of drug-likeness (QED) is 0.457. The zero-order valence-corrected chi connectivity index (χ0v) is 21.5. The summed E-state index contributed by atoms with van der Waals surface area (Å²) < 4.78 is 22.3. The van der Waals surface area contributed by atoms with E-state index in [0.29, 0.717) is 47.2 Å². The summed E-state index contributed by atoms with van der Waals surface area (Å²) in [6.07, 6.45) is 8.37. The number of benzene rings is 1. The first-order chi connectivity index (χ1) is 17.4. The lowest BCUT2D eigenvalue weighted by Crippen LogP contribution is -2.46. The van der Waals surface area contributed by atoms with Gasteiger partial charge in [0.15, 0.2) is 5.65 Å². The Bertz CT molecular complexity index is 1310. The van der Waals surface area contributed by atoms with Gasteiger partial charge in [0.2, 0.25) is 0 Å². The van der Waals surface area contributed by atoms with Crippen LogP contribution >= 0.6 is 11.6 Å². The van der Waals surface area contributed by atoms with E-state index >= 15 is 0 Å². The summed E-state index contributed by atoms with van der Waals surface area (Å²) in [5.41, 5.74) is 3.55.